The number of rotatable bonds is 0. The zero-order valence-electron chi connectivity index (χ0n) is 10.6. The van der Waals surface area contributed by atoms with E-state index >= 15 is 0 Å². The minimum atomic E-state index is 0.778. The number of aliphatic imine (C=N–C) groups is 1. The minimum Gasteiger partial charge on any atom is -0.482 e. The van der Waals surface area contributed by atoms with Crippen LogP contribution in [0.4, 0.5) is 0 Å². The van der Waals surface area contributed by atoms with Crippen LogP contribution in [0.5, 0.6) is 0 Å². The van der Waals surface area contributed by atoms with Crippen molar-refractivity contribution < 1.29 is 13.7 Å². The first-order valence-corrected chi connectivity index (χ1v) is 5.56. The molecule has 9 nitrogen and oxygen atoms in total. The van der Waals surface area contributed by atoms with Crippen molar-refractivity contribution in [1.82, 2.24) is 25.3 Å². The monoisotopic (exact) mass is 278 g/mol. The van der Waals surface area contributed by atoms with Gasteiger partial charge in [-0.25, -0.2) is 9.97 Å². The van der Waals surface area contributed by atoms with Crippen LogP contribution in [0.2, 0.25) is 0 Å². The summed E-state index contributed by atoms with van der Waals surface area (Å²) in [6.07, 6.45) is 13.9. The van der Waals surface area contributed by atoms with E-state index in [9.17, 15) is 0 Å². The number of nitrogens with zero attached hydrogens (tertiary/aromatic N) is 5. The van der Waals surface area contributed by atoms with Crippen LogP contribution in [-0.4, -0.2) is 44.9 Å². The van der Waals surface area contributed by atoms with Crippen LogP contribution in [0.3, 0.4) is 0 Å². The van der Waals surface area contributed by atoms with Crippen LogP contribution in [0, 0.1) is 0 Å². The molecular formula is C11H14N6O3. The first-order chi connectivity index (χ1) is 10.0. The maximum absolute atomic E-state index is 4.65. The molecule has 1 aliphatic heterocycles. The molecule has 4 rings (SSSR count). The Morgan fingerprint density at radius 1 is 1.05 bits per heavy atom. The summed E-state index contributed by atoms with van der Waals surface area (Å²) in [5, 5.41) is 6.40. The Labute approximate surface area is 114 Å². The van der Waals surface area contributed by atoms with Gasteiger partial charge in [0.25, 0.3) is 0 Å². The zero-order valence-corrected chi connectivity index (χ0v) is 10.6. The number of H-pyrrole nitrogens is 1. The number of aromatic amines is 1. The molecular weight excluding hydrogens is 264 g/mol. The molecule has 0 aliphatic carbocycles. The summed E-state index contributed by atoms with van der Waals surface area (Å²) in [4.78, 5) is 13.7. The number of imidazole rings is 1. The van der Waals surface area contributed by atoms with Crippen LogP contribution >= 0.6 is 0 Å². The summed E-state index contributed by atoms with van der Waals surface area (Å²) in [6, 6.07) is 0. The van der Waals surface area contributed by atoms with Gasteiger partial charge < -0.3 is 18.7 Å². The van der Waals surface area contributed by atoms with Gasteiger partial charge in [-0.2, -0.15) is 0 Å². The van der Waals surface area contributed by atoms with E-state index in [1.807, 2.05) is 0 Å². The Morgan fingerprint density at radius 2 is 2.05 bits per heavy atom. The summed E-state index contributed by atoms with van der Waals surface area (Å²) in [5.41, 5.74) is 0. The molecule has 9 heteroatoms. The maximum Gasteiger partial charge on any atom is 0.180 e. The minimum absolute atomic E-state index is 0.778. The van der Waals surface area contributed by atoms with E-state index in [0.717, 1.165) is 13.2 Å². The molecule has 0 atom stereocenters. The quantitative estimate of drug-likeness (QED) is 0.656. The Hall–Kier alpha value is -2.97. The summed E-state index contributed by atoms with van der Waals surface area (Å²) in [6.45, 7) is 1.62. The largest absolute Gasteiger partial charge is 0.482 e. The number of aromatic nitrogens is 5. The van der Waals surface area contributed by atoms with Crippen molar-refractivity contribution in [3.63, 3.8) is 0 Å². The van der Waals surface area contributed by atoms with E-state index in [1.54, 1.807) is 24.9 Å². The molecule has 1 aliphatic rings. The molecule has 3 aromatic rings. The van der Waals surface area contributed by atoms with Crippen LogP contribution in [0.25, 0.3) is 0 Å². The van der Waals surface area contributed by atoms with Crippen LogP contribution in [0.1, 0.15) is 0 Å². The van der Waals surface area contributed by atoms with E-state index < -0.39 is 0 Å². The number of hydrogen-bond donors (Lipinski definition) is 1. The molecule has 0 amide bonds. The van der Waals surface area contributed by atoms with Gasteiger partial charge in [-0.15, -0.1) is 5.10 Å². The molecule has 0 unspecified atom stereocenters. The van der Waals surface area contributed by atoms with Crippen molar-refractivity contribution in [1.29, 1.82) is 0 Å². The standard InChI is InChI=1S/C3H4N2.C3H5NO.C3H3NO.C2H2N2O/c3*1-2-5-3-4-1;1-2-5-4-3-1/h1-3H,(H,4,5);3H,1-2H2;1-3H;1-2H. The lowest BCUT2D eigenvalue weighted by Gasteiger charge is -1.76. The SMILES string of the molecule is C1=NCCO1.c1c[nH]cn1.c1cocn1.c1conn1. The van der Waals surface area contributed by atoms with Gasteiger partial charge in [0.05, 0.1) is 25.3 Å². The topological polar surface area (TPSA) is 115 Å². The fraction of sp³-hybridized carbons (Fsp3) is 0.182. The molecule has 1 N–H and O–H groups in total. The molecule has 0 spiro atoms. The number of ether oxygens (including phenoxy) is 1. The van der Waals surface area contributed by atoms with Crippen molar-refractivity contribution in [3.8, 4) is 0 Å². The van der Waals surface area contributed by atoms with E-state index in [2.05, 4.69) is 44.0 Å². The lowest BCUT2D eigenvalue weighted by molar-refractivity contribution is 0.361. The predicted octanol–water partition coefficient (Wildman–Crippen LogP) is 1.20. The Morgan fingerprint density at radius 3 is 2.25 bits per heavy atom. The normalized spacial score (nSPS) is 10.8. The molecule has 0 saturated heterocycles. The Balaban J connectivity index is 0.000000133. The molecule has 4 heterocycles. The average molecular weight is 278 g/mol. The van der Waals surface area contributed by atoms with Gasteiger partial charge in [0.2, 0.25) is 0 Å². The van der Waals surface area contributed by atoms with Crippen molar-refractivity contribution >= 4 is 6.40 Å². The average Bonchev–Trinajstić information content (AvgIpc) is 3.40. The third kappa shape index (κ3) is 10.2. The highest BCUT2D eigenvalue weighted by Gasteiger charge is 1.84. The molecule has 0 fully saturated rings. The third-order valence-corrected chi connectivity index (χ3v) is 1.52. The first kappa shape index (κ1) is 15.1. The van der Waals surface area contributed by atoms with Crippen LogP contribution in [0.15, 0.2) is 64.0 Å². The van der Waals surface area contributed by atoms with Crippen molar-refractivity contribution in [2.75, 3.05) is 13.2 Å². The van der Waals surface area contributed by atoms with Gasteiger partial charge in [-0.1, -0.05) is 0 Å². The van der Waals surface area contributed by atoms with Gasteiger partial charge >= 0.3 is 0 Å². The fourth-order valence-corrected chi connectivity index (χ4v) is 0.790. The van der Waals surface area contributed by atoms with Crippen molar-refractivity contribution in [3.05, 3.63) is 50.0 Å². The number of hydrogen-bond acceptors (Lipinski definition) is 8. The Kier molecular flexibility index (Phi) is 9.42. The zero-order chi connectivity index (χ0) is 14.1. The summed E-state index contributed by atoms with van der Waals surface area (Å²) in [5.74, 6) is 0. The maximum atomic E-state index is 4.65. The second kappa shape index (κ2) is 12.5. The van der Waals surface area contributed by atoms with Gasteiger partial charge in [0.1, 0.15) is 19.1 Å². The molecule has 20 heavy (non-hydrogen) atoms. The fourth-order valence-electron chi connectivity index (χ4n) is 0.790. The summed E-state index contributed by atoms with van der Waals surface area (Å²) in [7, 11) is 0. The van der Waals surface area contributed by atoms with E-state index in [1.165, 1.54) is 31.5 Å². The second-order valence-corrected chi connectivity index (χ2v) is 2.91. The highest BCUT2D eigenvalue weighted by Crippen LogP contribution is 1.78. The van der Waals surface area contributed by atoms with Gasteiger partial charge in [-0.3, -0.25) is 4.99 Å². The predicted molar refractivity (Wildman–Crippen MR) is 68.7 cm³/mol. The summed E-state index contributed by atoms with van der Waals surface area (Å²) < 4.78 is 13.3. The number of oxazole rings is 1. The molecule has 106 valence electrons. The van der Waals surface area contributed by atoms with Gasteiger partial charge in [-0.05, 0) is 0 Å². The van der Waals surface area contributed by atoms with E-state index in [4.69, 9.17) is 0 Å². The molecule has 0 saturated carbocycles. The highest BCUT2D eigenvalue weighted by molar-refractivity contribution is 5.47. The molecule has 3 aromatic heterocycles. The lowest BCUT2D eigenvalue weighted by Crippen LogP contribution is -1.80. The first-order valence-electron chi connectivity index (χ1n) is 5.56. The second-order valence-electron chi connectivity index (χ2n) is 2.91. The molecule has 0 aromatic carbocycles. The molecule has 0 radical (unpaired) electrons. The van der Waals surface area contributed by atoms with E-state index in [0.29, 0.717) is 0 Å². The number of nitrogens with one attached hydrogen (secondary N) is 1. The van der Waals surface area contributed by atoms with E-state index in [-0.39, 0.29) is 0 Å². The van der Waals surface area contributed by atoms with Crippen LogP contribution in [-0.2, 0) is 4.74 Å². The van der Waals surface area contributed by atoms with Gasteiger partial charge in [0.15, 0.2) is 12.8 Å². The van der Waals surface area contributed by atoms with Crippen LogP contribution < -0.4 is 0 Å². The third-order valence-electron chi connectivity index (χ3n) is 1.52. The van der Waals surface area contributed by atoms with Crippen molar-refractivity contribution in [2.45, 2.75) is 0 Å². The Bertz CT molecular complexity index is 360. The lowest BCUT2D eigenvalue weighted by atomic mass is 10.8. The molecule has 0 bridgehead atoms. The smallest absolute Gasteiger partial charge is 0.180 e. The highest BCUT2D eigenvalue weighted by atomic mass is 16.5. The summed E-state index contributed by atoms with van der Waals surface area (Å²) >= 11 is 0. The van der Waals surface area contributed by atoms with Crippen molar-refractivity contribution in [2.24, 2.45) is 4.99 Å². The van der Waals surface area contributed by atoms with Gasteiger partial charge in [0, 0.05) is 17.7 Å².